The first-order chi connectivity index (χ1) is 20.6. The van der Waals surface area contributed by atoms with Crippen molar-refractivity contribution in [1.82, 2.24) is 9.55 Å². The summed E-state index contributed by atoms with van der Waals surface area (Å²) in [6.45, 7) is 5.00. The molecule has 2 aromatic carbocycles. The number of pyridine rings is 2. The number of hydrogen-bond donors (Lipinski definition) is 1. The Kier molecular flexibility index (Phi) is 6.97. The number of cyclic esters (lactones) is 1. The average Bonchev–Trinajstić information content (AvgIpc) is 3.36. The van der Waals surface area contributed by atoms with Gasteiger partial charge < -0.3 is 28.6 Å². The number of carbonyl (C=O) groups is 3. The molecule has 0 radical (unpaired) electrons. The maximum atomic E-state index is 13.5. The van der Waals surface area contributed by atoms with Crippen LogP contribution in [-0.4, -0.2) is 32.8 Å². The lowest BCUT2D eigenvalue weighted by molar-refractivity contribution is -0.172. The Hall–Kier alpha value is -5.03. The van der Waals surface area contributed by atoms with Gasteiger partial charge in [0, 0.05) is 23.4 Å². The average molecular weight is 585 g/mol. The van der Waals surface area contributed by atoms with Crippen LogP contribution in [0.15, 0.2) is 53.3 Å². The van der Waals surface area contributed by atoms with Crippen molar-refractivity contribution in [3.63, 3.8) is 0 Å². The molecular formula is C32H28N2O9. The normalized spacial score (nSPS) is 16.6. The molecule has 0 saturated carbocycles. The molecule has 1 atom stereocenters. The first-order valence-corrected chi connectivity index (χ1v) is 13.9. The third-order valence-corrected chi connectivity index (χ3v) is 7.87. The van der Waals surface area contributed by atoms with Gasteiger partial charge in [-0.15, -0.1) is 0 Å². The molecule has 4 aromatic rings. The molecule has 11 heteroatoms. The van der Waals surface area contributed by atoms with Crippen molar-refractivity contribution >= 4 is 29.0 Å². The van der Waals surface area contributed by atoms with Gasteiger partial charge in [-0.1, -0.05) is 26.0 Å². The van der Waals surface area contributed by atoms with Crippen molar-refractivity contribution in [1.29, 1.82) is 0 Å². The smallest absolute Gasteiger partial charge is 0.458 e. The van der Waals surface area contributed by atoms with E-state index in [0.717, 1.165) is 16.5 Å². The molecule has 0 bridgehead atoms. The van der Waals surface area contributed by atoms with Gasteiger partial charge in [-0.25, -0.2) is 14.6 Å². The Bertz CT molecular complexity index is 1880. The first kappa shape index (κ1) is 28.1. The Morgan fingerprint density at radius 1 is 1.02 bits per heavy atom. The molecule has 11 nitrogen and oxygen atoms in total. The summed E-state index contributed by atoms with van der Waals surface area (Å²) in [6, 6.07) is 13.3. The second-order valence-electron chi connectivity index (χ2n) is 10.4. The van der Waals surface area contributed by atoms with E-state index in [1.54, 1.807) is 60.0 Å². The highest BCUT2D eigenvalue weighted by atomic mass is 16.7. The lowest BCUT2D eigenvalue weighted by Crippen LogP contribution is -2.44. The number of hydrogen-bond acceptors (Lipinski definition) is 10. The van der Waals surface area contributed by atoms with Crippen molar-refractivity contribution < 1.29 is 38.4 Å². The lowest BCUT2D eigenvalue weighted by atomic mass is 9.86. The van der Waals surface area contributed by atoms with Gasteiger partial charge in [0.1, 0.15) is 24.7 Å². The van der Waals surface area contributed by atoms with Gasteiger partial charge in [-0.2, -0.15) is 0 Å². The quantitative estimate of drug-likeness (QED) is 0.174. The van der Waals surface area contributed by atoms with Crippen molar-refractivity contribution in [2.75, 3.05) is 0 Å². The number of esters is 2. The zero-order chi connectivity index (χ0) is 30.5. The Labute approximate surface area is 245 Å². The van der Waals surface area contributed by atoms with E-state index in [9.17, 15) is 24.3 Å². The van der Waals surface area contributed by atoms with Crippen LogP contribution in [0.2, 0.25) is 0 Å². The number of carbonyl (C=O) groups excluding carboxylic acids is 3. The number of aromatic nitrogens is 2. The summed E-state index contributed by atoms with van der Waals surface area (Å²) in [5.74, 6) is -0.537. The van der Waals surface area contributed by atoms with Gasteiger partial charge >= 0.3 is 18.1 Å². The van der Waals surface area contributed by atoms with E-state index < -0.39 is 23.7 Å². The maximum absolute atomic E-state index is 13.5. The van der Waals surface area contributed by atoms with E-state index in [4.69, 9.17) is 23.9 Å². The third kappa shape index (κ3) is 4.81. The maximum Gasteiger partial charge on any atom is 0.514 e. The Morgan fingerprint density at radius 3 is 2.47 bits per heavy atom. The van der Waals surface area contributed by atoms with Gasteiger partial charge in [0.15, 0.2) is 5.60 Å². The van der Waals surface area contributed by atoms with Crippen LogP contribution in [0.25, 0.3) is 22.3 Å². The highest BCUT2D eigenvalue weighted by Crippen LogP contribution is 2.40. The van der Waals surface area contributed by atoms with Crippen LogP contribution in [0.3, 0.4) is 0 Å². The van der Waals surface area contributed by atoms with E-state index in [-0.39, 0.29) is 48.6 Å². The van der Waals surface area contributed by atoms with Crippen LogP contribution in [-0.2, 0) is 50.8 Å². The predicted molar refractivity (Wildman–Crippen MR) is 152 cm³/mol. The number of fused-ring (bicyclic) bond motifs is 5. The van der Waals surface area contributed by atoms with Gasteiger partial charge in [0.05, 0.1) is 29.0 Å². The van der Waals surface area contributed by atoms with E-state index in [2.05, 4.69) is 0 Å². The minimum Gasteiger partial charge on any atom is -0.458 e. The highest BCUT2D eigenvalue weighted by Gasteiger charge is 2.45. The van der Waals surface area contributed by atoms with E-state index in [1.807, 2.05) is 6.92 Å². The summed E-state index contributed by atoms with van der Waals surface area (Å²) in [5.41, 5.74) is 2.53. The molecule has 220 valence electrons. The molecule has 1 N–H and O–H groups in total. The van der Waals surface area contributed by atoms with E-state index >= 15 is 0 Å². The number of ether oxygens (including phenoxy) is 4. The number of aliphatic hydroxyl groups is 1. The van der Waals surface area contributed by atoms with Gasteiger partial charge in [-0.05, 0) is 60.4 Å². The van der Waals surface area contributed by atoms with Crippen LogP contribution in [0.4, 0.5) is 4.79 Å². The summed E-state index contributed by atoms with van der Waals surface area (Å²) in [7, 11) is 0. The lowest BCUT2D eigenvalue weighted by Gasteiger charge is -2.31. The highest BCUT2D eigenvalue weighted by molar-refractivity contribution is 5.90. The van der Waals surface area contributed by atoms with Crippen molar-refractivity contribution in [2.45, 2.75) is 59.0 Å². The molecule has 0 unspecified atom stereocenters. The van der Waals surface area contributed by atoms with Crippen LogP contribution in [0.5, 0.6) is 11.5 Å². The van der Waals surface area contributed by atoms with Crippen molar-refractivity contribution in [2.24, 2.45) is 0 Å². The molecule has 0 spiro atoms. The fraction of sp³-hybridized carbons (Fsp3) is 0.281. The van der Waals surface area contributed by atoms with Gasteiger partial charge in [-0.3, -0.25) is 9.59 Å². The number of nitrogens with zero attached hydrogens (tertiary/aromatic N) is 2. The minimum absolute atomic E-state index is 0.0389. The van der Waals surface area contributed by atoms with Crippen LogP contribution in [0.1, 0.15) is 55.0 Å². The molecule has 6 rings (SSSR count). The van der Waals surface area contributed by atoms with Crippen LogP contribution in [0, 0.1) is 0 Å². The summed E-state index contributed by atoms with van der Waals surface area (Å²) >= 11 is 0. The predicted octanol–water partition coefficient (Wildman–Crippen LogP) is 4.28. The zero-order valence-electron chi connectivity index (χ0n) is 23.8. The largest absolute Gasteiger partial charge is 0.514 e. The van der Waals surface area contributed by atoms with Crippen LogP contribution < -0.4 is 15.0 Å². The van der Waals surface area contributed by atoms with E-state index in [0.29, 0.717) is 34.6 Å². The molecule has 0 fully saturated rings. The topological polar surface area (TPSA) is 143 Å². The number of aryl methyl sites for hydroxylation is 1. The molecule has 2 aliphatic heterocycles. The fourth-order valence-electron chi connectivity index (χ4n) is 5.70. The van der Waals surface area contributed by atoms with Gasteiger partial charge in [0.25, 0.3) is 5.56 Å². The number of rotatable bonds is 6. The monoisotopic (exact) mass is 584 g/mol. The molecule has 0 saturated heterocycles. The zero-order valence-corrected chi connectivity index (χ0v) is 23.8. The molecular weight excluding hydrogens is 556 g/mol. The van der Waals surface area contributed by atoms with E-state index in [1.165, 1.54) is 6.92 Å². The summed E-state index contributed by atoms with van der Waals surface area (Å²) in [5, 5.41) is 11.9. The molecule has 4 heterocycles. The standard InChI is InChI=1S/C32H28N2O9/c1-4-21-22-12-20(43-31(38)41-15-18-6-8-19(9-7-18)42-17(3)35)10-11-26(22)33-28-23(21)14-34-27(28)13-25-24(29(34)36)16-40-30(37)32(25,39)5-2/h6-13,39H,4-5,14-16H2,1-3H3/t32-/m0/s1. The third-order valence-electron chi connectivity index (χ3n) is 7.87. The second-order valence-corrected chi connectivity index (χ2v) is 10.4. The molecule has 0 amide bonds. The van der Waals surface area contributed by atoms with Crippen LogP contribution >= 0.6 is 0 Å². The SMILES string of the molecule is CCc1c2c(nc3ccc(OC(=O)OCc4ccc(OC(C)=O)cc4)cc13)-c1cc3c(c(=O)n1C2)COC(=O)[C@]3(O)CC. The van der Waals surface area contributed by atoms with Gasteiger partial charge in [0.2, 0.25) is 0 Å². The minimum atomic E-state index is -1.90. The molecule has 43 heavy (non-hydrogen) atoms. The number of benzene rings is 2. The van der Waals surface area contributed by atoms with Crippen molar-refractivity contribution in [3.8, 4) is 22.9 Å². The Balaban J connectivity index is 1.28. The summed E-state index contributed by atoms with van der Waals surface area (Å²) in [4.78, 5) is 54.4. The molecule has 2 aliphatic rings. The molecule has 2 aromatic heterocycles. The summed E-state index contributed by atoms with van der Waals surface area (Å²) in [6.07, 6.45) is -0.213. The first-order valence-electron chi connectivity index (χ1n) is 13.9. The summed E-state index contributed by atoms with van der Waals surface area (Å²) < 4.78 is 22.5. The second kappa shape index (κ2) is 10.7. The fourth-order valence-corrected chi connectivity index (χ4v) is 5.70. The Morgan fingerprint density at radius 2 is 1.77 bits per heavy atom. The molecule has 0 aliphatic carbocycles. The van der Waals surface area contributed by atoms with Crippen molar-refractivity contribution in [3.05, 3.63) is 86.7 Å².